The molecule has 22 heavy (non-hydrogen) atoms. The van der Waals surface area contributed by atoms with Gasteiger partial charge in [0.15, 0.2) is 0 Å². The van der Waals surface area contributed by atoms with Gasteiger partial charge in [0.2, 0.25) is 0 Å². The molecule has 0 aliphatic carbocycles. The van der Waals surface area contributed by atoms with E-state index >= 15 is 0 Å². The van der Waals surface area contributed by atoms with Crippen LogP contribution >= 0.6 is 45.8 Å². The average Bonchev–Trinajstić information content (AvgIpc) is 2.46. The number of rotatable bonds is 3. The summed E-state index contributed by atoms with van der Waals surface area (Å²) in [6.07, 6.45) is 1.43. The number of nitrogens with zero attached hydrogens (tertiary/aromatic N) is 1. The molecule has 1 amide bonds. The molecular weight excluding hydrogens is 434 g/mol. The minimum Gasteiger partial charge on any atom is -0.321 e. The first-order valence-corrected chi connectivity index (χ1v) is 7.97. The monoisotopic (exact) mass is 442 g/mol. The summed E-state index contributed by atoms with van der Waals surface area (Å²) in [5.41, 5.74) is 1.14. The van der Waals surface area contributed by atoms with E-state index < -0.39 is 5.91 Å². The zero-order valence-electron chi connectivity index (χ0n) is 11.1. The van der Waals surface area contributed by atoms with Gasteiger partial charge in [0.1, 0.15) is 11.6 Å². The third-order valence-electron chi connectivity index (χ3n) is 2.71. The molecule has 3 nitrogen and oxygen atoms in total. The van der Waals surface area contributed by atoms with Crippen LogP contribution in [0.3, 0.4) is 0 Å². The quantitative estimate of drug-likeness (QED) is 0.406. The van der Waals surface area contributed by atoms with Crippen LogP contribution in [0.4, 0.5) is 5.69 Å². The van der Waals surface area contributed by atoms with Gasteiger partial charge in [-0.3, -0.25) is 4.79 Å². The Morgan fingerprint density at radius 2 is 2.00 bits per heavy atom. The molecule has 6 heteroatoms. The van der Waals surface area contributed by atoms with Crippen LogP contribution < -0.4 is 5.32 Å². The molecule has 0 unspecified atom stereocenters. The molecule has 0 saturated heterocycles. The first-order chi connectivity index (χ1) is 10.5. The molecular formula is C16H9Cl2IN2O. The molecule has 0 fully saturated rings. The predicted molar refractivity (Wildman–Crippen MR) is 97.8 cm³/mol. The highest BCUT2D eigenvalue weighted by atomic mass is 127. The van der Waals surface area contributed by atoms with E-state index in [1.807, 2.05) is 24.3 Å². The molecule has 0 aliphatic heterocycles. The lowest BCUT2D eigenvalue weighted by Crippen LogP contribution is -2.13. The summed E-state index contributed by atoms with van der Waals surface area (Å²) in [4.78, 5) is 12.2. The molecule has 0 spiro atoms. The van der Waals surface area contributed by atoms with Gasteiger partial charge in [0.25, 0.3) is 5.91 Å². The molecule has 110 valence electrons. The number of carbonyl (C=O) groups is 1. The lowest BCUT2D eigenvalue weighted by molar-refractivity contribution is -0.112. The highest BCUT2D eigenvalue weighted by Gasteiger charge is 2.11. The van der Waals surface area contributed by atoms with Crippen molar-refractivity contribution in [3.8, 4) is 6.07 Å². The zero-order chi connectivity index (χ0) is 16.1. The number of benzene rings is 2. The smallest absolute Gasteiger partial charge is 0.266 e. The molecule has 0 bridgehead atoms. The van der Waals surface area contributed by atoms with Crippen LogP contribution in [-0.2, 0) is 4.79 Å². The Labute approximate surface area is 151 Å². The maximum Gasteiger partial charge on any atom is 0.266 e. The Morgan fingerprint density at radius 3 is 2.64 bits per heavy atom. The summed E-state index contributed by atoms with van der Waals surface area (Å²) < 4.78 is 0.985. The predicted octanol–water partition coefficient (Wildman–Crippen LogP) is 5.14. The highest BCUT2D eigenvalue weighted by molar-refractivity contribution is 14.1. The molecule has 0 atom stereocenters. The van der Waals surface area contributed by atoms with Gasteiger partial charge in [-0.25, -0.2) is 0 Å². The summed E-state index contributed by atoms with van der Waals surface area (Å²) in [6.45, 7) is 0. The van der Waals surface area contributed by atoms with E-state index in [-0.39, 0.29) is 5.57 Å². The maximum atomic E-state index is 12.2. The molecule has 2 rings (SSSR count). The van der Waals surface area contributed by atoms with Crippen LogP contribution in [0.2, 0.25) is 10.0 Å². The number of nitriles is 1. The number of hydrogen-bond acceptors (Lipinski definition) is 2. The van der Waals surface area contributed by atoms with Crippen molar-refractivity contribution in [2.75, 3.05) is 5.32 Å². The molecule has 0 heterocycles. The second-order valence-corrected chi connectivity index (χ2v) is 6.39. The Kier molecular flexibility index (Phi) is 5.83. The van der Waals surface area contributed by atoms with Crippen molar-refractivity contribution in [1.82, 2.24) is 0 Å². The van der Waals surface area contributed by atoms with Gasteiger partial charge in [0, 0.05) is 19.3 Å². The Bertz CT molecular complexity index is 797. The first-order valence-electron chi connectivity index (χ1n) is 6.13. The van der Waals surface area contributed by atoms with E-state index in [0.29, 0.717) is 21.3 Å². The largest absolute Gasteiger partial charge is 0.321 e. The number of carbonyl (C=O) groups excluding carboxylic acids is 1. The fourth-order valence-electron chi connectivity index (χ4n) is 1.69. The molecule has 0 aromatic heterocycles. The standard InChI is InChI=1S/C16H9Cl2IN2O/c17-12-5-4-10(15(18)7-12)6-11(9-20)16(22)21-14-3-1-2-13(19)8-14/h1-8H,(H,21,22)/b11-6+. The van der Waals surface area contributed by atoms with Gasteiger partial charge in [-0.15, -0.1) is 0 Å². The van der Waals surface area contributed by atoms with Crippen molar-refractivity contribution in [3.05, 3.63) is 67.2 Å². The Hall–Kier alpha value is -1.55. The molecule has 2 aromatic rings. The van der Waals surface area contributed by atoms with Crippen LogP contribution in [0.1, 0.15) is 5.56 Å². The summed E-state index contributed by atoms with van der Waals surface area (Å²) in [5, 5.41) is 12.7. The van der Waals surface area contributed by atoms with Gasteiger partial charge < -0.3 is 5.32 Å². The van der Waals surface area contributed by atoms with Gasteiger partial charge in [-0.05, 0) is 64.6 Å². The van der Waals surface area contributed by atoms with Crippen LogP contribution in [0.15, 0.2) is 48.0 Å². The number of halogens is 3. The normalized spacial score (nSPS) is 10.9. The van der Waals surface area contributed by atoms with E-state index in [2.05, 4.69) is 27.9 Å². The third-order valence-corrected chi connectivity index (χ3v) is 3.94. The van der Waals surface area contributed by atoms with Crippen LogP contribution in [-0.4, -0.2) is 5.91 Å². The molecule has 1 N–H and O–H groups in total. The van der Waals surface area contributed by atoms with E-state index in [0.717, 1.165) is 3.57 Å². The fourth-order valence-corrected chi connectivity index (χ4v) is 2.69. The summed E-state index contributed by atoms with van der Waals surface area (Å²) in [7, 11) is 0. The Morgan fingerprint density at radius 1 is 1.23 bits per heavy atom. The van der Waals surface area contributed by atoms with E-state index in [1.165, 1.54) is 6.08 Å². The van der Waals surface area contributed by atoms with Crippen LogP contribution in [0.5, 0.6) is 0 Å². The topological polar surface area (TPSA) is 52.9 Å². The van der Waals surface area contributed by atoms with E-state index in [1.54, 1.807) is 24.3 Å². The van der Waals surface area contributed by atoms with Crippen molar-refractivity contribution in [2.24, 2.45) is 0 Å². The lowest BCUT2D eigenvalue weighted by Gasteiger charge is -2.05. The SMILES string of the molecule is N#C/C(=C\c1ccc(Cl)cc1Cl)C(=O)Nc1cccc(I)c1. The number of hydrogen-bond donors (Lipinski definition) is 1. The van der Waals surface area contributed by atoms with Gasteiger partial charge in [0.05, 0.1) is 0 Å². The zero-order valence-corrected chi connectivity index (χ0v) is 14.8. The molecule has 0 radical (unpaired) electrons. The third kappa shape index (κ3) is 4.47. The van der Waals surface area contributed by atoms with Gasteiger partial charge in [-0.1, -0.05) is 35.3 Å². The number of nitrogens with one attached hydrogen (secondary N) is 1. The molecule has 0 saturated carbocycles. The molecule has 2 aromatic carbocycles. The van der Waals surface area contributed by atoms with Crippen molar-refractivity contribution in [2.45, 2.75) is 0 Å². The lowest BCUT2D eigenvalue weighted by atomic mass is 10.1. The highest BCUT2D eigenvalue weighted by Crippen LogP contribution is 2.23. The summed E-state index contributed by atoms with van der Waals surface area (Å²) in [6, 6.07) is 14.0. The number of amides is 1. The minimum atomic E-state index is -0.490. The van der Waals surface area contributed by atoms with Gasteiger partial charge >= 0.3 is 0 Å². The Balaban J connectivity index is 2.26. The van der Waals surface area contributed by atoms with Crippen LogP contribution in [0.25, 0.3) is 6.08 Å². The maximum absolute atomic E-state index is 12.2. The van der Waals surface area contributed by atoms with E-state index in [4.69, 9.17) is 23.2 Å². The van der Waals surface area contributed by atoms with Gasteiger partial charge in [-0.2, -0.15) is 5.26 Å². The van der Waals surface area contributed by atoms with Crippen molar-refractivity contribution >= 4 is 63.5 Å². The van der Waals surface area contributed by atoms with Crippen molar-refractivity contribution in [1.29, 1.82) is 5.26 Å². The fraction of sp³-hybridized carbons (Fsp3) is 0. The molecule has 0 aliphatic rings. The van der Waals surface area contributed by atoms with Crippen molar-refractivity contribution in [3.63, 3.8) is 0 Å². The summed E-state index contributed by atoms with van der Waals surface area (Å²) in [5.74, 6) is -0.490. The second-order valence-electron chi connectivity index (χ2n) is 4.30. The first kappa shape index (κ1) is 16.8. The van der Waals surface area contributed by atoms with Crippen molar-refractivity contribution < 1.29 is 4.79 Å². The van der Waals surface area contributed by atoms with E-state index in [9.17, 15) is 10.1 Å². The summed E-state index contributed by atoms with van der Waals surface area (Å²) >= 11 is 14.0. The van der Waals surface area contributed by atoms with Crippen LogP contribution in [0, 0.1) is 14.9 Å². The number of anilines is 1. The minimum absolute atomic E-state index is 0.0388. The average molecular weight is 443 g/mol. The second kappa shape index (κ2) is 7.63.